The van der Waals surface area contributed by atoms with Crippen LogP contribution in [0.3, 0.4) is 0 Å². The number of hydrogen-bond acceptors (Lipinski definition) is 5. The number of rotatable bonds is 3. The molecule has 5 rings (SSSR count). The van der Waals surface area contributed by atoms with Crippen LogP contribution in [0, 0.1) is 0 Å². The van der Waals surface area contributed by atoms with Crippen LogP contribution in [0.15, 0.2) is 61.6 Å². The van der Waals surface area contributed by atoms with Crippen LogP contribution < -0.4 is 11.1 Å². The normalized spacial score (nSPS) is 15.5. The van der Waals surface area contributed by atoms with Crippen LogP contribution in [0.5, 0.6) is 0 Å². The average Bonchev–Trinajstić information content (AvgIpc) is 3.23. The third-order valence-corrected chi connectivity index (χ3v) is 5.53. The fourth-order valence-electron chi connectivity index (χ4n) is 4.07. The summed E-state index contributed by atoms with van der Waals surface area (Å²) in [4.78, 5) is 25.5. The molecular formula is C23H20N6O. The highest BCUT2D eigenvalue weighted by molar-refractivity contribution is 6.08. The molecule has 0 saturated heterocycles. The standard InChI is InChI=1S/C23H20N6O/c1-12(2)23(30)28-17-10-29-20(13(17)3)18(19-21(24)26-11-27-22(19)29)15-8-14-6-4-5-7-16(14)25-9-15/h4-9,11,17H,1,3,10H2,2H3,(H,28,30)(H2,24,26,27). The molecule has 4 aromatic rings. The van der Waals surface area contributed by atoms with Crippen LogP contribution in [0.1, 0.15) is 12.6 Å². The van der Waals surface area contributed by atoms with Crippen LogP contribution in [0.4, 0.5) is 5.82 Å². The second-order valence-corrected chi connectivity index (χ2v) is 7.54. The number of aromatic nitrogens is 4. The molecule has 148 valence electrons. The van der Waals surface area contributed by atoms with E-state index < -0.39 is 0 Å². The van der Waals surface area contributed by atoms with E-state index in [4.69, 9.17) is 5.73 Å². The lowest BCUT2D eigenvalue weighted by Gasteiger charge is -2.15. The summed E-state index contributed by atoms with van der Waals surface area (Å²) in [5.41, 5.74) is 11.8. The molecule has 7 heteroatoms. The van der Waals surface area contributed by atoms with E-state index in [1.807, 2.05) is 35.0 Å². The molecule has 1 unspecified atom stereocenters. The molecule has 1 aromatic carbocycles. The molecule has 0 saturated carbocycles. The van der Waals surface area contributed by atoms with Crippen molar-refractivity contribution in [2.45, 2.75) is 19.5 Å². The molecular weight excluding hydrogens is 376 g/mol. The molecule has 0 bridgehead atoms. The van der Waals surface area contributed by atoms with Gasteiger partial charge in [0.15, 0.2) is 0 Å². The minimum absolute atomic E-state index is 0.195. The van der Waals surface area contributed by atoms with Crippen molar-refractivity contribution in [3.05, 3.63) is 67.3 Å². The summed E-state index contributed by atoms with van der Waals surface area (Å²) in [7, 11) is 0. The molecule has 30 heavy (non-hydrogen) atoms. The van der Waals surface area contributed by atoms with E-state index in [0.717, 1.165) is 38.7 Å². The smallest absolute Gasteiger partial charge is 0.246 e. The average molecular weight is 396 g/mol. The Morgan fingerprint density at radius 1 is 1.27 bits per heavy atom. The van der Waals surface area contributed by atoms with Crippen molar-refractivity contribution in [2.24, 2.45) is 0 Å². The van der Waals surface area contributed by atoms with Crippen LogP contribution in [-0.4, -0.2) is 31.5 Å². The van der Waals surface area contributed by atoms with Gasteiger partial charge in [0, 0.05) is 34.8 Å². The monoisotopic (exact) mass is 396 g/mol. The summed E-state index contributed by atoms with van der Waals surface area (Å²) in [6, 6.07) is 9.77. The van der Waals surface area contributed by atoms with Gasteiger partial charge in [0.2, 0.25) is 5.91 Å². The first-order valence-electron chi connectivity index (χ1n) is 9.59. The molecule has 0 spiro atoms. The highest BCUT2D eigenvalue weighted by atomic mass is 16.1. The van der Waals surface area contributed by atoms with Gasteiger partial charge < -0.3 is 15.6 Å². The SMILES string of the molecule is C=C(C)C(=O)NC1Cn2c(c(-c3cnc4ccccc4c3)c3c(N)ncnc32)C1=C. The molecule has 3 N–H and O–H groups in total. The molecule has 1 amide bonds. The quantitative estimate of drug-likeness (QED) is 0.518. The summed E-state index contributed by atoms with van der Waals surface area (Å²) in [5, 5.41) is 4.80. The molecule has 1 atom stereocenters. The van der Waals surface area contributed by atoms with Crippen molar-refractivity contribution in [3.8, 4) is 11.1 Å². The maximum atomic E-state index is 12.2. The number of nitrogens with zero attached hydrogens (tertiary/aromatic N) is 4. The highest BCUT2D eigenvalue weighted by Gasteiger charge is 2.34. The number of amides is 1. The number of carbonyl (C=O) groups is 1. The molecule has 0 fully saturated rings. The van der Waals surface area contributed by atoms with E-state index >= 15 is 0 Å². The predicted octanol–water partition coefficient (Wildman–Crippen LogP) is 3.32. The van der Waals surface area contributed by atoms with Crippen LogP contribution in [0.2, 0.25) is 0 Å². The van der Waals surface area contributed by atoms with E-state index in [9.17, 15) is 4.79 Å². The molecule has 3 aromatic heterocycles. The van der Waals surface area contributed by atoms with Crippen molar-refractivity contribution >= 4 is 39.2 Å². The Morgan fingerprint density at radius 2 is 2.07 bits per heavy atom. The van der Waals surface area contributed by atoms with Gasteiger partial charge in [-0.1, -0.05) is 31.4 Å². The summed E-state index contributed by atoms with van der Waals surface area (Å²) in [5.74, 6) is 0.208. The Morgan fingerprint density at radius 3 is 2.87 bits per heavy atom. The van der Waals surface area contributed by atoms with Gasteiger partial charge in [-0.2, -0.15) is 0 Å². The van der Waals surface area contributed by atoms with Gasteiger partial charge in [0.25, 0.3) is 0 Å². The first kappa shape index (κ1) is 18.1. The van der Waals surface area contributed by atoms with Crippen LogP contribution in [0.25, 0.3) is 38.6 Å². The summed E-state index contributed by atoms with van der Waals surface area (Å²) in [6.45, 7) is 10.2. The molecule has 4 heterocycles. The maximum absolute atomic E-state index is 12.2. The number of nitrogen functional groups attached to an aromatic ring is 1. The van der Waals surface area contributed by atoms with E-state index in [0.29, 0.717) is 23.6 Å². The largest absolute Gasteiger partial charge is 0.383 e. The minimum Gasteiger partial charge on any atom is -0.383 e. The van der Waals surface area contributed by atoms with Gasteiger partial charge in [-0.25, -0.2) is 9.97 Å². The zero-order chi connectivity index (χ0) is 21.0. The van der Waals surface area contributed by atoms with Crippen LogP contribution in [-0.2, 0) is 11.3 Å². The van der Waals surface area contributed by atoms with Crippen molar-refractivity contribution in [1.29, 1.82) is 0 Å². The predicted molar refractivity (Wildman–Crippen MR) is 118 cm³/mol. The topological polar surface area (TPSA) is 98.7 Å². The number of hydrogen-bond donors (Lipinski definition) is 2. The lowest BCUT2D eigenvalue weighted by atomic mass is 9.98. The second kappa shape index (κ2) is 6.52. The maximum Gasteiger partial charge on any atom is 0.246 e. The van der Waals surface area contributed by atoms with Gasteiger partial charge in [0.1, 0.15) is 17.8 Å². The van der Waals surface area contributed by atoms with Crippen molar-refractivity contribution in [1.82, 2.24) is 24.8 Å². The molecule has 0 aliphatic carbocycles. The van der Waals surface area contributed by atoms with E-state index in [-0.39, 0.29) is 11.9 Å². The van der Waals surface area contributed by atoms with E-state index in [1.165, 1.54) is 6.33 Å². The zero-order valence-electron chi connectivity index (χ0n) is 16.5. The van der Waals surface area contributed by atoms with Crippen molar-refractivity contribution in [3.63, 3.8) is 0 Å². The Labute approximate surface area is 173 Å². The summed E-state index contributed by atoms with van der Waals surface area (Å²) in [6.07, 6.45) is 3.29. The van der Waals surface area contributed by atoms with Crippen LogP contribution >= 0.6 is 0 Å². The fraction of sp³-hybridized carbons (Fsp3) is 0.130. The fourth-order valence-corrected chi connectivity index (χ4v) is 4.07. The number of carbonyl (C=O) groups excluding carboxylic acids is 1. The Hall–Kier alpha value is -4.00. The van der Waals surface area contributed by atoms with Gasteiger partial charge in [-0.05, 0) is 24.6 Å². The number of para-hydroxylation sites is 1. The third kappa shape index (κ3) is 2.59. The summed E-state index contributed by atoms with van der Waals surface area (Å²) >= 11 is 0. The Bertz CT molecular complexity index is 1380. The molecule has 0 radical (unpaired) electrons. The van der Waals surface area contributed by atoms with Crippen molar-refractivity contribution < 1.29 is 4.79 Å². The number of anilines is 1. The van der Waals surface area contributed by atoms with Gasteiger partial charge in [-0.15, -0.1) is 0 Å². The third-order valence-electron chi connectivity index (χ3n) is 5.53. The zero-order valence-corrected chi connectivity index (χ0v) is 16.5. The number of pyridine rings is 1. The first-order valence-corrected chi connectivity index (χ1v) is 9.59. The number of fused-ring (bicyclic) bond motifs is 4. The lowest BCUT2D eigenvalue weighted by molar-refractivity contribution is -0.117. The molecule has 1 aliphatic rings. The Kier molecular flexibility index (Phi) is 3.92. The second-order valence-electron chi connectivity index (χ2n) is 7.54. The Balaban J connectivity index is 1.73. The van der Waals surface area contributed by atoms with Crippen molar-refractivity contribution in [2.75, 3.05) is 5.73 Å². The number of nitrogens with two attached hydrogens (primary N) is 1. The van der Waals surface area contributed by atoms with Gasteiger partial charge in [0.05, 0.1) is 22.6 Å². The van der Waals surface area contributed by atoms with Gasteiger partial charge >= 0.3 is 0 Å². The molecule has 1 aliphatic heterocycles. The van der Waals surface area contributed by atoms with E-state index in [1.54, 1.807) is 6.92 Å². The lowest BCUT2D eigenvalue weighted by Crippen LogP contribution is -2.35. The first-order chi connectivity index (χ1) is 14.5. The minimum atomic E-state index is -0.253. The number of benzene rings is 1. The summed E-state index contributed by atoms with van der Waals surface area (Å²) < 4.78 is 2.05. The number of nitrogens with one attached hydrogen (secondary N) is 1. The van der Waals surface area contributed by atoms with E-state index in [2.05, 4.69) is 39.5 Å². The highest BCUT2D eigenvalue weighted by Crippen LogP contribution is 2.44. The van der Waals surface area contributed by atoms with Gasteiger partial charge in [-0.3, -0.25) is 9.78 Å². The molecule has 7 nitrogen and oxygen atoms in total.